The zero-order chi connectivity index (χ0) is 10.2. The molecule has 0 atom stereocenters. The first-order valence-electron chi connectivity index (χ1n) is 4.58. The van der Waals surface area contributed by atoms with Gasteiger partial charge in [-0.1, -0.05) is 6.08 Å². The maximum absolute atomic E-state index is 10.6. The normalized spacial score (nSPS) is 17.0. The first-order valence-corrected chi connectivity index (χ1v) is 4.58. The van der Waals surface area contributed by atoms with E-state index >= 15 is 0 Å². The molecule has 0 amide bonds. The highest BCUT2D eigenvalue weighted by molar-refractivity contribution is 5.78. The molecule has 1 aliphatic rings. The van der Waals surface area contributed by atoms with Gasteiger partial charge in [0.25, 0.3) is 0 Å². The van der Waals surface area contributed by atoms with Crippen molar-refractivity contribution in [2.24, 2.45) is 0 Å². The Kier molecular flexibility index (Phi) is 1.92. The first kappa shape index (κ1) is 9.00. The van der Waals surface area contributed by atoms with E-state index in [2.05, 4.69) is 0 Å². The van der Waals surface area contributed by atoms with E-state index in [0.29, 0.717) is 5.56 Å². The summed E-state index contributed by atoms with van der Waals surface area (Å²) in [6.07, 6.45) is 4.82. The quantitative estimate of drug-likeness (QED) is 0.633. The fraction of sp³-hybridized carbons (Fsp3) is 0.250. The number of rotatable bonds is 1. The average Bonchev–Trinajstić information content (AvgIpc) is 2.16. The molecule has 14 heavy (non-hydrogen) atoms. The summed E-state index contributed by atoms with van der Waals surface area (Å²) in [5, 5.41) is 0. The first-order chi connectivity index (χ1) is 6.61. The minimum atomic E-state index is -0.254. The van der Waals surface area contributed by atoms with Crippen LogP contribution in [-0.4, -0.2) is 11.9 Å². The van der Waals surface area contributed by atoms with Crippen molar-refractivity contribution in [2.45, 2.75) is 19.4 Å². The second-order valence-corrected chi connectivity index (χ2v) is 3.95. The van der Waals surface area contributed by atoms with Gasteiger partial charge < -0.3 is 4.74 Å². The molecule has 0 radical (unpaired) electrons. The predicted octanol–water partition coefficient (Wildman–Crippen LogP) is 2.68. The number of ether oxygens (including phenoxy) is 1. The third-order valence-corrected chi connectivity index (χ3v) is 2.21. The Morgan fingerprint density at radius 1 is 1.36 bits per heavy atom. The highest BCUT2D eigenvalue weighted by Gasteiger charge is 2.21. The van der Waals surface area contributed by atoms with Crippen LogP contribution in [0.15, 0.2) is 24.3 Å². The molecule has 1 aromatic carbocycles. The van der Waals surface area contributed by atoms with E-state index in [1.807, 2.05) is 38.1 Å². The predicted molar refractivity (Wildman–Crippen MR) is 55.6 cm³/mol. The van der Waals surface area contributed by atoms with Crippen molar-refractivity contribution in [1.82, 2.24) is 0 Å². The van der Waals surface area contributed by atoms with Crippen LogP contribution in [0.2, 0.25) is 0 Å². The number of carbonyl (C=O) groups is 1. The van der Waals surface area contributed by atoms with Gasteiger partial charge in [0.2, 0.25) is 0 Å². The van der Waals surface area contributed by atoms with Gasteiger partial charge in [0.05, 0.1) is 0 Å². The van der Waals surface area contributed by atoms with Crippen molar-refractivity contribution < 1.29 is 9.53 Å². The summed E-state index contributed by atoms with van der Waals surface area (Å²) < 4.78 is 5.72. The molecule has 72 valence electrons. The van der Waals surface area contributed by atoms with Crippen LogP contribution in [0.5, 0.6) is 5.75 Å². The van der Waals surface area contributed by atoms with Gasteiger partial charge in [-0.2, -0.15) is 0 Å². The number of carbonyl (C=O) groups excluding carboxylic acids is 1. The topological polar surface area (TPSA) is 26.3 Å². The molecule has 0 aromatic heterocycles. The van der Waals surface area contributed by atoms with Gasteiger partial charge in [-0.05, 0) is 38.1 Å². The summed E-state index contributed by atoms with van der Waals surface area (Å²) in [5.41, 5.74) is 1.39. The van der Waals surface area contributed by atoms with Gasteiger partial charge in [0, 0.05) is 11.1 Å². The Morgan fingerprint density at radius 3 is 2.86 bits per heavy atom. The molecular formula is C12H12O2. The Bertz CT molecular complexity index is 403. The summed E-state index contributed by atoms with van der Waals surface area (Å²) >= 11 is 0. The summed E-state index contributed by atoms with van der Waals surface area (Å²) in [7, 11) is 0. The second-order valence-electron chi connectivity index (χ2n) is 3.95. The van der Waals surface area contributed by atoms with Crippen molar-refractivity contribution in [3.05, 3.63) is 35.4 Å². The van der Waals surface area contributed by atoms with E-state index in [-0.39, 0.29) is 5.60 Å². The summed E-state index contributed by atoms with van der Waals surface area (Å²) in [6.45, 7) is 4.00. The van der Waals surface area contributed by atoms with E-state index < -0.39 is 0 Å². The highest BCUT2D eigenvalue weighted by atomic mass is 16.5. The fourth-order valence-corrected chi connectivity index (χ4v) is 1.47. The molecule has 0 N–H and O–H groups in total. The summed E-state index contributed by atoms with van der Waals surface area (Å²) in [5.74, 6) is 0.836. The molecular weight excluding hydrogens is 176 g/mol. The molecule has 2 nitrogen and oxygen atoms in total. The smallest absolute Gasteiger partial charge is 0.150 e. The minimum absolute atomic E-state index is 0.254. The van der Waals surface area contributed by atoms with Gasteiger partial charge >= 0.3 is 0 Å². The monoisotopic (exact) mass is 188 g/mol. The summed E-state index contributed by atoms with van der Waals surface area (Å²) in [6, 6.07) is 5.43. The van der Waals surface area contributed by atoms with Gasteiger partial charge in [-0.25, -0.2) is 0 Å². The lowest BCUT2D eigenvalue weighted by Gasteiger charge is -2.27. The second kappa shape index (κ2) is 2.98. The largest absolute Gasteiger partial charge is 0.483 e. The fourth-order valence-electron chi connectivity index (χ4n) is 1.47. The van der Waals surface area contributed by atoms with Crippen LogP contribution in [0.1, 0.15) is 29.8 Å². The standard InChI is InChI=1S/C12H12O2/c1-12(2)6-5-10-7-9(8-13)3-4-11(10)14-12/h3-8H,1-2H3. The molecule has 0 saturated heterocycles. The van der Waals surface area contributed by atoms with E-state index in [1.54, 1.807) is 6.07 Å². The molecule has 2 rings (SSSR count). The van der Waals surface area contributed by atoms with Crippen LogP contribution in [0.3, 0.4) is 0 Å². The van der Waals surface area contributed by atoms with Gasteiger partial charge in [-0.15, -0.1) is 0 Å². The van der Waals surface area contributed by atoms with Crippen molar-refractivity contribution in [3.8, 4) is 5.75 Å². The molecule has 0 aliphatic carbocycles. The molecule has 0 bridgehead atoms. The minimum Gasteiger partial charge on any atom is -0.483 e. The molecule has 2 heteroatoms. The zero-order valence-corrected chi connectivity index (χ0v) is 8.28. The van der Waals surface area contributed by atoms with E-state index in [1.165, 1.54) is 0 Å². The van der Waals surface area contributed by atoms with Gasteiger partial charge in [0.15, 0.2) is 0 Å². The lowest BCUT2D eigenvalue weighted by Crippen LogP contribution is -2.27. The van der Waals surface area contributed by atoms with Crippen LogP contribution >= 0.6 is 0 Å². The van der Waals surface area contributed by atoms with Gasteiger partial charge in [-0.3, -0.25) is 4.79 Å². The molecule has 0 saturated carbocycles. The molecule has 1 heterocycles. The third kappa shape index (κ3) is 1.55. The lowest BCUT2D eigenvalue weighted by molar-refractivity contribution is 0.112. The van der Waals surface area contributed by atoms with Crippen LogP contribution in [-0.2, 0) is 0 Å². The molecule has 1 aromatic rings. The lowest BCUT2D eigenvalue weighted by atomic mass is 10.0. The number of aldehydes is 1. The number of hydrogen-bond donors (Lipinski definition) is 0. The van der Waals surface area contributed by atoms with Crippen LogP contribution in [0.4, 0.5) is 0 Å². The SMILES string of the molecule is CC1(C)C=Cc2cc(C=O)ccc2O1. The van der Waals surface area contributed by atoms with E-state index in [9.17, 15) is 4.79 Å². The van der Waals surface area contributed by atoms with Crippen molar-refractivity contribution in [2.75, 3.05) is 0 Å². The molecule has 0 unspecified atom stereocenters. The van der Waals surface area contributed by atoms with Crippen molar-refractivity contribution in [1.29, 1.82) is 0 Å². The maximum Gasteiger partial charge on any atom is 0.150 e. The number of benzene rings is 1. The zero-order valence-electron chi connectivity index (χ0n) is 8.28. The molecule has 0 spiro atoms. The van der Waals surface area contributed by atoms with E-state index in [4.69, 9.17) is 4.74 Å². The average molecular weight is 188 g/mol. The highest BCUT2D eigenvalue weighted by Crippen LogP contribution is 2.30. The third-order valence-electron chi connectivity index (χ3n) is 2.21. The molecule has 0 fully saturated rings. The van der Waals surface area contributed by atoms with Crippen molar-refractivity contribution in [3.63, 3.8) is 0 Å². The Labute approximate surface area is 83.2 Å². The Morgan fingerprint density at radius 2 is 2.14 bits per heavy atom. The molecule has 1 aliphatic heterocycles. The van der Waals surface area contributed by atoms with E-state index in [0.717, 1.165) is 17.6 Å². The maximum atomic E-state index is 10.6. The summed E-state index contributed by atoms with van der Waals surface area (Å²) in [4.78, 5) is 10.6. The Hall–Kier alpha value is -1.57. The number of hydrogen-bond acceptors (Lipinski definition) is 2. The van der Waals surface area contributed by atoms with Crippen molar-refractivity contribution >= 4 is 12.4 Å². The number of fused-ring (bicyclic) bond motifs is 1. The Balaban J connectivity index is 2.46. The van der Waals surface area contributed by atoms with Crippen LogP contribution in [0, 0.1) is 0 Å². The van der Waals surface area contributed by atoms with Gasteiger partial charge in [0.1, 0.15) is 17.6 Å². The van der Waals surface area contributed by atoms with Crippen LogP contribution in [0.25, 0.3) is 6.08 Å². The van der Waals surface area contributed by atoms with Crippen LogP contribution < -0.4 is 4.74 Å².